The molecular weight excluding hydrogens is 410 g/mol. The fourth-order valence-corrected chi connectivity index (χ4v) is 7.02. The van der Waals surface area contributed by atoms with Gasteiger partial charge in [-0.1, -0.05) is 11.6 Å². The van der Waals surface area contributed by atoms with Gasteiger partial charge in [-0.15, -0.1) is 0 Å². The lowest BCUT2D eigenvalue weighted by Gasteiger charge is -2.33. The third-order valence-corrected chi connectivity index (χ3v) is 8.95. The molecule has 0 aliphatic heterocycles. The van der Waals surface area contributed by atoms with Gasteiger partial charge in [0.1, 0.15) is 0 Å². The molecule has 4 atom stereocenters. The van der Waals surface area contributed by atoms with Crippen LogP contribution in [0.3, 0.4) is 0 Å². The van der Waals surface area contributed by atoms with Crippen molar-refractivity contribution in [1.29, 1.82) is 0 Å². The molecule has 0 bridgehead atoms. The average molecular weight is 444 g/mol. The lowest BCUT2D eigenvalue weighted by molar-refractivity contribution is -0.142. The first-order valence-electron chi connectivity index (χ1n) is 11.1. The Morgan fingerprint density at radius 2 is 1.53 bits per heavy atom. The largest absolute Gasteiger partial charge is 0.481 e. The second-order valence-corrected chi connectivity index (χ2v) is 11.2. The zero-order chi connectivity index (χ0) is 21.7. The van der Waals surface area contributed by atoms with Gasteiger partial charge in [0, 0.05) is 18.0 Å². The van der Waals surface area contributed by atoms with Crippen LogP contribution in [-0.4, -0.2) is 48.8 Å². The van der Waals surface area contributed by atoms with Crippen LogP contribution in [0, 0.1) is 16.7 Å². The van der Waals surface area contributed by atoms with Crippen molar-refractivity contribution in [3.63, 3.8) is 0 Å². The Morgan fingerprint density at radius 1 is 0.833 bits per heavy atom. The smallest absolute Gasteiger partial charge is 0.306 e. The lowest BCUT2D eigenvalue weighted by Crippen LogP contribution is -2.47. The van der Waals surface area contributed by atoms with E-state index in [1.807, 2.05) is 0 Å². The topological polar surface area (TPSA) is 142 Å². The summed E-state index contributed by atoms with van der Waals surface area (Å²) in [6, 6.07) is -0.535. The predicted molar refractivity (Wildman–Crippen MR) is 111 cm³/mol. The van der Waals surface area contributed by atoms with Gasteiger partial charge in [0.25, 0.3) is 0 Å². The van der Waals surface area contributed by atoms with Crippen molar-refractivity contribution >= 4 is 21.9 Å². The van der Waals surface area contributed by atoms with E-state index in [1.54, 1.807) is 0 Å². The van der Waals surface area contributed by atoms with Crippen LogP contribution in [0.1, 0.15) is 77.0 Å². The highest BCUT2D eigenvalue weighted by Crippen LogP contribution is 2.31. The number of rotatable bonds is 7. The second-order valence-electron chi connectivity index (χ2n) is 9.17. The molecule has 3 N–H and O–H groups in total. The zero-order valence-corrected chi connectivity index (χ0v) is 18.1. The molecule has 3 aliphatic carbocycles. The third-order valence-electron chi connectivity index (χ3n) is 6.99. The Labute approximate surface area is 177 Å². The SMILES string of the molecule is O=NC1CCCC(NC(=O)C2CCCC(S(=O)(=O)NC3CCC(C(=O)O)CC3)C2)C1. The van der Waals surface area contributed by atoms with E-state index < -0.39 is 21.2 Å². The Balaban J connectivity index is 1.51. The van der Waals surface area contributed by atoms with E-state index >= 15 is 0 Å². The summed E-state index contributed by atoms with van der Waals surface area (Å²) in [5.74, 6) is -1.66. The molecule has 10 heteroatoms. The van der Waals surface area contributed by atoms with Crippen molar-refractivity contribution < 1.29 is 23.1 Å². The van der Waals surface area contributed by atoms with Gasteiger partial charge < -0.3 is 10.4 Å². The summed E-state index contributed by atoms with van der Waals surface area (Å²) in [6.07, 6.45) is 7.21. The molecule has 9 nitrogen and oxygen atoms in total. The van der Waals surface area contributed by atoms with Crippen LogP contribution in [0.2, 0.25) is 0 Å². The Morgan fingerprint density at radius 3 is 2.20 bits per heavy atom. The van der Waals surface area contributed by atoms with Crippen LogP contribution in [-0.2, 0) is 19.6 Å². The molecule has 0 saturated heterocycles. The van der Waals surface area contributed by atoms with Gasteiger partial charge in [-0.05, 0) is 70.6 Å². The van der Waals surface area contributed by atoms with Gasteiger partial charge in [0.05, 0.1) is 17.2 Å². The van der Waals surface area contributed by atoms with E-state index in [2.05, 4.69) is 15.2 Å². The molecule has 0 spiro atoms. The summed E-state index contributed by atoms with van der Waals surface area (Å²) >= 11 is 0. The molecular formula is C20H33N3O6S. The number of hydrogen-bond acceptors (Lipinski definition) is 6. The maximum atomic E-state index is 12.9. The highest BCUT2D eigenvalue weighted by Gasteiger charge is 2.37. The van der Waals surface area contributed by atoms with E-state index in [0.29, 0.717) is 57.8 Å². The van der Waals surface area contributed by atoms with Crippen molar-refractivity contribution in [2.75, 3.05) is 0 Å². The summed E-state index contributed by atoms with van der Waals surface area (Å²) in [7, 11) is -3.57. The van der Waals surface area contributed by atoms with Gasteiger partial charge in [-0.2, -0.15) is 4.91 Å². The minimum atomic E-state index is -3.57. The quantitative estimate of drug-likeness (QED) is 0.515. The minimum absolute atomic E-state index is 0.0616. The van der Waals surface area contributed by atoms with Gasteiger partial charge in [-0.3, -0.25) is 9.59 Å². The maximum absolute atomic E-state index is 12.9. The Kier molecular flexibility index (Phi) is 7.84. The molecule has 3 saturated carbocycles. The van der Waals surface area contributed by atoms with E-state index in [-0.39, 0.29) is 35.9 Å². The third kappa shape index (κ3) is 6.00. The second kappa shape index (κ2) is 10.2. The monoisotopic (exact) mass is 443 g/mol. The normalized spacial score (nSPS) is 35.3. The molecule has 0 aromatic heterocycles. The van der Waals surface area contributed by atoms with E-state index in [9.17, 15) is 22.9 Å². The predicted octanol–water partition coefficient (Wildman–Crippen LogP) is 2.30. The molecule has 0 aromatic carbocycles. The van der Waals surface area contributed by atoms with Crippen LogP contribution in [0.5, 0.6) is 0 Å². The number of aliphatic carboxylic acids is 1. The zero-order valence-electron chi connectivity index (χ0n) is 17.3. The molecule has 30 heavy (non-hydrogen) atoms. The summed E-state index contributed by atoms with van der Waals surface area (Å²) in [4.78, 5) is 34.6. The number of nitroso groups, excluding NO2 is 1. The summed E-state index contributed by atoms with van der Waals surface area (Å²) in [6.45, 7) is 0. The summed E-state index contributed by atoms with van der Waals surface area (Å²) in [5, 5.41) is 14.6. The van der Waals surface area contributed by atoms with Crippen LogP contribution in [0.25, 0.3) is 0 Å². The van der Waals surface area contributed by atoms with Crippen molar-refractivity contribution in [2.24, 2.45) is 17.0 Å². The van der Waals surface area contributed by atoms with Gasteiger partial charge in [-0.25, -0.2) is 13.1 Å². The highest BCUT2D eigenvalue weighted by atomic mass is 32.2. The fraction of sp³-hybridized carbons (Fsp3) is 0.900. The van der Waals surface area contributed by atoms with Gasteiger partial charge in [0.2, 0.25) is 15.9 Å². The first-order chi connectivity index (χ1) is 14.3. The van der Waals surface area contributed by atoms with Crippen molar-refractivity contribution in [2.45, 2.75) is 100 Å². The molecule has 3 rings (SSSR count). The molecule has 4 unspecified atom stereocenters. The Bertz CT molecular complexity index is 735. The molecule has 1 amide bonds. The first kappa shape index (κ1) is 23.1. The minimum Gasteiger partial charge on any atom is -0.481 e. The number of sulfonamides is 1. The van der Waals surface area contributed by atoms with Gasteiger partial charge >= 0.3 is 5.97 Å². The average Bonchev–Trinajstić information content (AvgIpc) is 2.74. The van der Waals surface area contributed by atoms with E-state index in [4.69, 9.17) is 5.11 Å². The van der Waals surface area contributed by atoms with Crippen LogP contribution < -0.4 is 10.0 Å². The van der Waals surface area contributed by atoms with E-state index in [1.165, 1.54) is 0 Å². The molecule has 0 heterocycles. The number of hydrogen-bond donors (Lipinski definition) is 3. The molecule has 0 aromatic rings. The summed E-state index contributed by atoms with van der Waals surface area (Å²) in [5.41, 5.74) is 0. The van der Waals surface area contributed by atoms with Crippen molar-refractivity contribution in [3.8, 4) is 0 Å². The maximum Gasteiger partial charge on any atom is 0.306 e. The first-order valence-corrected chi connectivity index (χ1v) is 12.7. The number of nitrogens with one attached hydrogen (secondary N) is 2. The Hall–Kier alpha value is -1.55. The fourth-order valence-electron chi connectivity index (χ4n) is 5.16. The van der Waals surface area contributed by atoms with Gasteiger partial charge in [0.15, 0.2) is 0 Å². The van der Waals surface area contributed by atoms with Crippen LogP contribution >= 0.6 is 0 Å². The van der Waals surface area contributed by atoms with E-state index in [0.717, 1.165) is 19.3 Å². The summed E-state index contributed by atoms with van der Waals surface area (Å²) < 4.78 is 28.6. The molecule has 3 aliphatic rings. The van der Waals surface area contributed by atoms with Crippen LogP contribution in [0.4, 0.5) is 0 Å². The number of carboxylic acid groups (broad SMARTS) is 1. The highest BCUT2D eigenvalue weighted by molar-refractivity contribution is 7.90. The number of carbonyl (C=O) groups excluding carboxylic acids is 1. The molecule has 170 valence electrons. The standard InChI is InChI=1S/C20H33N3O6S/c24-19(21-16-4-2-5-17(12-16)22-27)14-3-1-6-18(11-14)30(28,29)23-15-9-7-13(8-10-15)20(25)26/h13-18,23H,1-12H2,(H,21,24)(H,25,26). The number of amides is 1. The lowest BCUT2D eigenvalue weighted by atomic mass is 9.86. The molecule has 0 radical (unpaired) electrons. The number of nitrogens with zero attached hydrogens (tertiary/aromatic N) is 1. The van der Waals surface area contributed by atoms with Crippen molar-refractivity contribution in [3.05, 3.63) is 4.91 Å². The van der Waals surface area contributed by atoms with Crippen LogP contribution in [0.15, 0.2) is 5.18 Å². The number of carboxylic acids is 1. The molecule has 3 fully saturated rings. The van der Waals surface area contributed by atoms with Crippen molar-refractivity contribution in [1.82, 2.24) is 10.0 Å². The number of carbonyl (C=O) groups is 2.